The summed E-state index contributed by atoms with van der Waals surface area (Å²) in [6.45, 7) is 5.01. The van der Waals surface area contributed by atoms with E-state index in [0.29, 0.717) is 12.5 Å². The lowest BCUT2D eigenvalue weighted by Crippen LogP contribution is -2.45. The van der Waals surface area contributed by atoms with Crippen LogP contribution in [0.15, 0.2) is 30.3 Å². The molecule has 1 fully saturated rings. The van der Waals surface area contributed by atoms with Crippen LogP contribution < -0.4 is 4.90 Å². The van der Waals surface area contributed by atoms with Gasteiger partial charge in [0.05, 0.1) is 12.2 Å². The maximum atomic E-state index is 10.8. The molecule has 2 atom stereocenters. The van der Waals surface area contributed by atoms with Crippen LogP contribution in [0.5, 0.6) is 0 Å². The number of benzene rings is 1. The zero-order valence-corrected chi connectivity index (χ0v) is 12.9. The van der Waals surface area contributed by atoms with E-state index in [4.69, 9.17) is 9.84 Å². The Kier molecular flexibility index (Phi) is 5.62. The minimum absolute atomic E-state index is 0.220. The highest BCUT2D eigenvalue weighted by atomic mass is 16.5. The molecule has 1 N–H and O–H groups in total. The molecule has 0 amide bonds. The third kappa shape index (κ3) is 4.74. The van der Waals surface area contributed by atoms with Gasteiger partial charge in [-0.1, -0.05) is 18.2 Å². The van der Waals surface area contributed by atoms with Crippen LogP contribution in [0.1, 0.15) is 39.5 Å². The molecule has 21 heavy (non-hydrogen) atoms. The van der Waals surface area contributed by atoms with Crippen LogP contribution in [0.4, 0.5) is 5.69 Å². The van der Waals surface area contributed by atoms with Gasteiger partial charge in [-0.15, -0.1) is 0 Å². The number of para-hydroxylation sites is 1. The van der Waals surface area contributed by atoms with Gasteiger partial charge in [-0.2, -0.15) is 0 Å². The Morgan fingerprint density at radius 3 is 2.43 bits per heavy atom. The molecule has 4 nitrogen and oxygen atoms in total. The first-order chi connectivity index (χ1) is 10.1. The van der Waals surface area contributed by atoms with E-state index in [2.05, 4.69) is 30.9 Å². The minimum atomic E-state index is -0.725. The van der Waals surface area contributed by atoms with Crippen LogP contribution in [0, 0.1) is 0 Å². The van der Waals surface area contributed by atoms with E-state index < -0.39 is 5.97 Å². The first kappa shape index (κ1) is 15.8. The Bertz CT molecular complexity index is 439. The molecule has 2 unspecified atom stereocenters. The normalized spacial score (nSPS) is 25.5. The second-order valence-electron chi connectivity index (χ2n) is 5.91. The number of anilines is 1. The lowest BCUT2D eigenvalue weighted by Gasteiger charge is -2.40. The maximum absolute atomic E-state index is 10.8. The molecule has 1 heterocycles. The fourth-order valence-electron chi connectivity index (χ4n) is 3.17. The van der Waals surface area contributed by atoms with Crippen LogP contribution in [0.2, 0.25) is 0 Å². The monoisotopic (exact) mass is 291 g/mol. The molecule has 0 spiro atoms. The average molecular weight is 291 g/mol. The van der Waals surface area contributed by atoms with E-state index in [0.717, 1.165) is 19.4 Å². The molecule has 0 saturated carbocycles. The van der Waals surface area contributed by atoms with Crippen molar-refractivity contribution in [2.75, 3.05) is 11.4 Å². The highest BCUT2D eigenvalue weighted by Gasteiger charge is 2.29. The van der Waals surface area contributed by atoms with Crippen molar-refractivity contribution in [2.45, 2.75) is 57.8 Å². The van der Waals surface area contributed by atoms with Crippen molar-refractivity contribution in [3.05, 3.63) is 30.3 Å². The first-order valence-corrected chi connectivity index (χ1v) is 7.75. The highest BCUT2D eigenvalue weighted by Crippen LogP contribution is 2.28. The molecule has 0 aliphatic carbocycles. The van der Waals surface area contributed by atoms with Gasteiger partial charge in [0, 0.05) is 24.7 Å². The van der Waals surface area contributed by atoms with E-state index in [-0.39, 0.29) is 18.6 Å². The summed E-state index contributed by atoms with van der Waals surface area (Å²) < 4.78 is 5.82. The lowest BCUT2D eigenvalue weighted by atomic mass is 9.97. The zero-order chi connectivity index (χ0) is 15.2. The predicted molar refractivity (Wildman–Crippen MR) is 83.7 cm³/mol. The number of carboxylic acids is 1. The predicted octanol–water partition coefficient (Wildman–Crippen LogP) is 3.31. The van der Waals surface area contributed by atoms with Crippen molar-refractivity contribution in [1.82, 2.24) is 0 Å². The molecular formula is C17H25NO3. The summed E-state index contributed by atoms with van der Waals surface area (Å²) in [4.78, 5) is 13.1. The van der Waals surface area contributed by atoms with Gasteiger partial charge in [0.25, 0.3) is 0 Å². The smallest absolute Gasteiger partial charge is 0.303 e. The van der Waals surface area contributed by atoms with Crippen molar-refractivity contribution in [1.29, 1.82) is 0 Å². The third-order valence-corrected chi connectivity index (χ3v) is 3.99. The second-order valence-corrected chi connectivity index (χ2v) is 5.91. The van der Waals surface area contributed by atoms with Gasteiger partial charge in [-0.3, -0.25) is 4.79 Å². The summed E-state index contributed by atoms with van der Waals surface area (Å²) in [6.07, 6.45) is 3.38. The fraction of sp³-hybridized carbons (Fsp3) is 0.588. The van der Waals surface area contributed by atoms with Crippen molar-refractivity contribution in [3.8, 4) is 0 Å². The molecule has 1 aromatic carbocycles. The molecule has 0 aromatic heterocycles. The number of nitrogens with zero attached hydrogens (tertiary/aromatic N) is 1. The van der Waals surface area contributed by atoms with Gasteiger partial charge in [0.1, 0.15) is 0 Å². The molecule has 1 aromatic rings. The number of hydrogen-bond donors (Lipinski definition) is 1. The van der Waals surface area contributed by atoms with E-state index in [1.54, 1.807) is 0 Å². The fourth-order valence-corrected chi connectivity index (χ4v) is 3.17. The molecule has 4 heteroatoms. The maximum Gasteiger partial charge on any atom is 0.303 e. The van der Waals surface area contributed by atoms with Crippen molar-refractivity contribution in [2.24, 2.45) is 0 Å². The molecule has 0 bridgehead atoms. The molecule has 2 rings (SSSR count). The molecule has 1 saturated heterocycles. The quantitative estimate of drug-likeness (QED) is 0.873. The van der Waals surface area contributed by atoms with Crippen LogP contribution in [-0.4, -0.2) is 35.9 Å². The molecule has 0 radical (unpaired) electrons. The Hall–Kier alpha value is -1.55. The summed E-state index contributed by atoms with van der Waals surface area (Å²) in [6, 6.07) is 10.7. The van der Waals surface area contributed by atoms with Crippen LogP contribution in [0.3, 0.4) is 0 Å². The number of carbonyl (C=O) groups is 1. The minimum Gasteiger partial charge on any atom is -0.481 e. The lowest BCUT2D eigenvalue weighted by molar-refractivity contribution is -0.137. The Morgan fingerprint density at radius 2 is 1.86 bits per heavy atom. The van der Waals surface area contributed by atoms with Crippen LogP contribution >= 0.6 is 0 Å². The summed E-state index contributed by atoms with van der Waals surface area (Å²) in [7, 11) is 0. The van der Waals surface area contributed by atoms with E-state index in [1.807, 2.05) is 18.2 Å². The Balaban J connectivity index is 2.09. The van der Waals surface area contributed by atoms with Crippen molar-refractivity contribution < 1.29 is 14.6 Å². The summed E-state index contributed by atoms with van der Waals surface area (Å²) in [5.74, 6) is -0.725. The molecule has 1 aliphatic rings. The summed E-state index contributed by atoms with van der Waals surface area (Å²) in [5, 5.41) is 8.85. The Morgan fingerprint density at radius 1 is 1.24 bits per heavy atom. The molecule has 116 valence electrons. The number of aliphatic carboxylic acids is 1. The highest BCUT2D eigenvalue weighted by molar-refractivity contribution is 5.66. The van der Waals surface area contributed by atoms with Crippen LogP contribution in [0.25, 0.3) is 0 Å². The van der Waals surface area contributed by atoms with Gasteiger partial charge in [-0.05, 0) is 45.2 Å². The van der Waals surface area contributed by atoms with Gasteiger partial charge in [0.15, 0.2) is 0 Å². The largest absolute Gasteiger partial charge is 0.481 e. The number of carboxylic acid groups (broad SMARTS) is 1. The second kappa shape index (κ2) is 7.46. The Labute approximate surface area is 126 Å². The van der Waals surface area contributed by atoms with Gasteiger partial charge in [-0.25, -0.2) is 0 Å². The summed E-state index contributed by atoms with van der Waals surface area (Å²) in [5.41, 5.74) is 1.18. The van der Waals surface area contributed by atoms with Crippen LogP contribution in [-0.2, 0) is 9.53 Å². The SMILES string of the molecule is CC1CC(N(CCCC(=O)O)c2ccccc2)CC(C)O1. The van der Waals surface area contributed by atoms with E-state index >= 15 is 0 Å². The number of rotatable bonds is 6. The van der Waals surface area contributed by atoms with Crippen molar-refractivity contribution in [3.63, 3.8) is 0 Å². The molecular weight excluding hydrogens is 266 g/mol. The van der Waals surface area contributed by atoms with Gasteiger partial charge in [0.2, 0.25) is 0 Å². The average Bonchev–Trinajstić information content (AvgIpc) is 2.43. The summed E-state index contributed by atoms with van der Waals surface area (Å²) >= 11 is 0. The zero-order valence-electron chi connectivity index (χ0n) is 12.9. The topological polar surface area (TPSA) is 49.8 Å². The first-order valence-electron chi connectivity index (χ1n) is 7.75. The molecule has 1 aliphatic heterocycles. The standard InChI is InChI=1S/C17H25NO3/c1-13-11-16(12-14(2)21-13)18(10-6-9-17(19)20)15-7-4-3-5-8-15/h3-5,7-8,13-14,16H,6,9-12H2,1-2H3,(H,19,20). The van der Waals surface area contributed by atoms with E-state index in [1.165, 1.54) is 5.69 Å². The van der Waals surface area contributed by atoms with E-state index in [9.17, 15) is 4.79 Å². The van der Waals surface area contributed by atoms with Gasteiger partial charge < -0.3 is 14.7 Å². The number of hydrogen-bond acceptors (Lipinski definition) is 3. The number of ether oxygens (including phenoxy) is 1. The van der Waals surface area contributed by atoms with Crippen molar-refractivity contribution >= 4 is 11.7 Å². The van der Waals surface area contributed by atoms with Gasteiger partial charge >= 0.3 is 5.97 Å². The third-order valence-electron chi connectivity index (χ3n) is 3.99.